The number of nitrogens with one attached hydrogen (secondary N) is 3. The molecule has 0 unspecified atom stereocenters. The molecule has 2 aromatic rings. The summed E-state index contributed by atoms with van der Waals surface area (Å²) in [5, 5.41) is 5.26. The van der Waals surface area contributed by atoms with Crippen molar-refractivity contribution in [3.05, 3.63) is 54.1 Å². The van der Waals surface area contributed by atoms with Crippen LogP contribution in [-0.2, 0) is 19.6 Å². The van der Waals surface area contributed by atoms with Gasteiger partial charge in [-0.05, 0) is 55.3 Å². The molecule has 0 aromatic heterocycles. The van der Waals surface area contributed by atoms with Gasteiger partial charge in [-0.3, -0.25) is 14.3 Å². The van der Waals surface area contributed by atoms with Gasteiger partial charge in [-0.1, -0.05) is 19.3 Å². The van der Waals surface area contributed by atoms with Gasteiger partial charge >= 0.3 is 0 Å². The predicted octanol–water partition coefficient (Wildman–Crippen LogP) is 3.40. The van der Waals surface area contributed by atoms with E-state index in [-0.39, 0.29) is 24.1 Å². The molecule has 0 heterocycles. The number of halogens is 2. The highest BCUT2D eigenvalue weighted by atomic mass is 32.2. The molecule has 1 aliphatic carbocycles. The minimum Gasteiger partial charge on any atom is -0.347 e. The lowest BCUT2D eigenvalue weighted by molar-refractivity contribution is -0.128. The Balaban J connectivity index is 1.52. The zero-order chi connectivity index (χ0) is 22.4. The molecule has 0 atom stereocenters. The molecule has 0 bridgehead atoms. The average Bonchev–Trinajstić information content (AvgIpc) is 2.75. The lowest BCUT2D eigenvalue weighted by atomic mass is 9.89. The number of hydrogen-bond donors (Lipinski definition) is 3. The molecule has 0 saturated heterocycles. The number of sulfonamides is 1. The molecule has 0 radical (unpaired) electrons. The van der Waals surface area contributed by atoms with Crippen molar-refractivity contribution in [3.8, 4) is 0 Å². The third kappa shape index (κ3) is 6.24. The van der Waals surface area contributed by atoms with Gasteiger partial charge in [0.15, 0.2) is 11.6 Å². The minimum absolute atomic E-state index is 0.0385. The number of hydrogen-bond acceptors (Lipinski definition) is 4. The molecule has 1 saturated carbocycles. The minimum atomic E-state index is -4.11. The third-order valence-corrected chi connectivity index (χ3v) is 6.40. The van der Waals surface area contributed by atoms with Crippen LogP contribution < -0.4 is 15.4 Å². The number of anilines is 2. The van der Waals surface area contributed by atoms with E-state index < -0.39 is 32.5 Å². The normalized spacial score (nSPS) is 14.6. The smallest absolute Gasteiger partial charge is 0.261 e. The fraction of sp³-hybridized carbons (Fsp3) is 0.333. The van der Waals surface area contributed by atoms with Crippen LogP contribution in [-0.4, -0.2) is 26.8 Å². The maximum Gasteiger partial charge on any atom is 0.261 e. The van der Waals surface area contributed by atoms with Crippen molar-refractivity contribution in [1.29, 1.82) is 0 Å². The van der Waals surface area contributed by atoms with Crippen LogP contribution in [0.3, 0.4) is 0 Å². The maximum atomic E-state index is 13.3. The molecule has 166 valence electrons. The Kier molecular flexibility index (Phi) is 7.21. The molecule has 1 fully saturated rings. The molecule has 2 amide bonds. The van der Waals surface area contributed by atoms with Gasteiger partial charge in [-0.25, -0.2) is 17.2 Å². The molecule has 1 aliphatic rings. The zero-order valence-corrected chi connectivity index (χ0v) is 17.5. The van der Waals surface area contributed by atoms with Gasteiger partial charge in [0, 0.05) is 17.3 Å². The number of rotatable bonds is 7. The van der Waals surface area contributed by atoms with E-state index in [1.54, 1.807) is 0 Å². The van der Waals surface area contributed by atoms with Crippen molar-refractivity contribution < 1.29 is 26.8 Å². The third-order valence-electron chi connectivity index (χ3n) is 5.02. The van der Waals surface area contributed by atoms with E-state index in [4.69, 9.17) is 0 Å². The molecule has 31 heavy (non-hydrogen) atoms. The van der Waals surface area contributed by atoms with Gasteiger partial charge in [0.2, 0.25) is 11.8 Å². The predicted molar refractivity (Wildman–Crippen MR) is 112 cm³/mol. The molecule has 3 rings (SSSR count). The Morgan fingerprint density at radius 1 is 0.903 bits per heavy atom. The second-order valence-electron chi connectivity index (χ2n) is 7.36. The average molecular weight is 451 g/mol. The van der Waals surface area contributed by atoms with E-state index in [0.717, 1.165) is 44.2 Å². The number of benzene rings is 2. The van der Waals surface area contributed by atoms with E-state index >= 15 is 0 Å². The van der Waals surface area contributed by atoms with Crippen molar-refractivity contribution >= 4 is 33.2 Å². The summed E-state index contributed by atoms with van der Waals surface area (Å²) in [7, 11) is -4.11. The first-order valence-electron chi connectivity index (χ1n) is 9.90. The highest BCUT2D eigenvalue weighted by molar-refractivity contribution is 7.92. The molecule has 3 N–H and O–H groups in total. The van der Waals surface area contributed by atoms with Gasteiger partial charge < -0.3 is 10.6 Å². The van der Waals surface area contributed by atoms with Crippen molar-refractivity contribution in [2.24, 2.45) is 5.92 Å². The fourth-order valence-corrected chi connectivity index (χ4v) is 4.43. The molecule has 2 aromatic carbocycles. The van der Waals surface area contributed by atoms with E-state index in [1.165, 1.54) is 24.3 Å². The molecular weight excluding hydrogens is 428 g/mol. The summed E-state index contributed by atoms with van der Waals surface area (Å²) < 4.78 is 53.2. The monoisotopic (exact) mass is 451 g/mol. The first-order valence-corrected chi connectivity index (χ1v) is 11.4. The van der Waals surface area contributed by atoms with Crippen LogP contribution in [0.5, 0.6) is 0 Å². The molecular formula is C21H23F2N3O4S. The number of carbonyl (C=O) groups is 2. The summed E-state index contributed by atoms with van der Waals surface area (Å²) in [6.07, 6.45) is 4.87. The Morgan fingerprint density at radius 3 is 2.19 bits per heavy atom. The summed E-state index contributed by atoms with van der Waals surface area (Å²) >= 11 is 0. The summed E-state index contributed by atoms with van der Waals surface area (Å²) in [6, 6.07) is 8.05. The highest BCUT2D eigenvalue weighted by Gasteiger charge is 2.21. The van der Waals surface area contributed by atoms with Crippen LogP contribution in [0.4, 0.5) is 20.2 Å². The molecule has 0 spiro atoms. The lowest BCUT2D eigenvalue weighted by Crippen LogP contribution is -2.37. The van der Waals surface area contributed by atoms with E-state index in [0.29, 0.717) is 11.8 Å². The Morgan fingerprint density at radius 2 is 1.55 bits per heavy atom. The topological polar surface area (TPSA) is 104 Å². The second-order valence-corrected chi connectivity index (χ2v) is 9.04. The second kappa shape index (κ2) is 9.86. The SMILES string of the molecule is O=C(CNC(=O)C1CCCCC1)Nc1ccc(NS(=O)(=O)c2ccc(F)c(F)c2)cc1. The summed E-state index contributed by atoms with van der Waals surface area (Å²) in [5.41, 5.74) is 0.584. The first-order chi connectivity index (χ1) is 14.7. The quantitative estimate of drug-likeness (QED) is 0.600. The van der Waals surface area contributed by atoms with Crippen molar-refractivity contribution in [2.45, 2.75) is 37.0 Å². The molecule has 7 nitrogen and oxygen atoms in total. The van der Waals surface area contributed by atoms with Crippen molar-refractivity contribution in [2.75, 3.05) is 16.6 Å². The Labute approximate surface area is 179 Å². The summed E-state index contributed by atoms with van der Waals surface area (Å²) in [5.74, 6) is -2.97. The largest absolute Gasteiger partial charge is 0.347 e. The van der Waals surface area contributed by atoms with Crippen LogP contribution in [0.2, 0.25) is 0 Å². The van der Waals surface area contributed by atoms with Gasteiger partial charge in [0.25, 0.3) is 10.0 Å². The van der Waals surface area contributed by atoms with Crippen molar-refractivity contribution in [3.63, 3.8) is 0 Å². The van der Waals surface area contributed by atoms with E-state index in [9.17, 15) is 26.8 Å². The van der Waals surface area contributed by atoms with E-state index in [1.807, 2.05) is 0 Å². The van der Waals surface area contributed by atoms with Crippen LogP contribution in [0, 0.1) is 17.6 Å². The van der Waals surface area contributed by atoms with Crippen molar-refractivity contribution in [1.82, 2.24) is 5.32 Å². The van der Waals surface area contributed by atoms with Gasteiger partial charge in [0.05, 0.1) is 11.4 Å². The highest BCUT2D eigenvalue weighted by Crippen LogP contribution is 2.23. The van der Waals surface area contributed by atoms with E-state index in [2.05, 4.69) is 15.4 Å². The van der Waals surface area contributed by atoms with Crippen LogP contribution >= 0.6 is 0 Å². The van der Waals surface area contributed by atoms with Gasteiger partial charge in [-0.2, -0.15) is 0 Å². The van der Waals surface area contributed by atoms with Crippen LogP contribution in [0.25, 0.3) is 0 Å². The van der Waals surface area contributed by atoms with Crippen LogP contribution in [0.1, 0.15) is 32.1 Å². The molecule has 10 heteroatoms. The fourth-order valence-electron chi connectivity index (χ4n) is 3.36. The molecule has 0 aliphatic heterocycles. The standard InChI is InChI=1S/C21H23F2N3O4S/c22-18-11-10-17(12-19(18)23)31(29,30)26-16-8-6-15(7-9-16)25-20(27)13-24-21(28)14-4-2-1-3-5-14/h6-12,14,26H,1-5,13H2,(H,24,28)(H,25,27). The van der Waals surface area contributed by atoms with Gasteiger partial charge in [0.1, 0.15) is 0 Å². The summed E-state index contributed by atoms with van der Waals surface area (Å²) in [4.78, 5) is 23.7. The Bertz CT molecular complexity index is 1050. The lowest BCUT2D eigenvalue weighted by Gasteiger charge is -2.20. The first kappa shape index (κ1) is 22.7. The maximum absolute atomic E-state index is 13.3. The summed E-state index contributed by atoms with van der Waals surface area (Å²) in [6.45, 7) is -0.153. The zero-order valence-electron chi connectivity index (χ0n) is 16.7. The van der Waals surface area contributed by atoms with Gasteiger partial charge in [-0.15, -0.1) is 0 Å². The number of amides is 2. The Hall–Kier alpha value is -3.01. The van der Waals surface area contributed by atoms with Crippen LogP contribution in [0.15, 0.2) is 47.4 Å². The number of carbonyl (C=O) groups excluding carboxylic acids is 2.